The second-order valence-corrected chi connectivity index (χ2v) is 9.34. The molecule has 5 nitrogen and oxygen atoms in total. The predicted molar refractivity (Wildman–Crippen MR) is 122 cm³/mol. The van der Waals surface area contributed by atoms with Crippen LogP contribution in [0.15, 0.2) is 53.9 Å². The molecule has 3 heterocycles. The highest BCUT2D eigenvalue weighted by Gasteiger charge is 2.27. The Kier molecular flexibility index (Phi) is 5.41. The molecule has 0 atom stereocenters. The van der Waals surface area contributed by atoms with Crippen LogP contribution < -0.4 is 4.74 Å². The SMILES string of the molecule is O=C(c1csc(-c2ccccc2)n1)N1CCC(Oc2nc3c(Cl)cccc3s2)CC1. The van der Waals surface area contributed by atoms with Crippen molar-refractivity contribution < 1.29 is 9.53 Å². The lowest BCUT2D eigenvalue weighted by Gasteiger charge is -2.31. The Bertz CT molecular complexity index is 1180. The van der Waals surface area contributed by atoms with Gasteiger partial charge in [-0.05, 0) is 12.1 Å². The second kappa shape index (κ2) is 8.34. The third kappa shape index (κ3) is 3.93. The lowest BCUT2D eigenvalue weighted by atomic mass is 10.1. The molecule has 1 aliphatic rings. The number of fused-ring (bicyclic) bond motifs is 1. The molecule has 5 rings (SSSR count). The highest BCUT2D eigenvalue weighted by atomic mass is 35.5. The average Bonchev–Trinajstić information content (AvgIpc) is 3.42. The van der Waals surface area contributed by atoms with E-state index in [4.69, 9.17) is 16.3 Å². The fraction of sp³-hybridized carbons (Fsp3) is 0.227. The molecular formula is C22H18ClN3O2S2. The lowest BCUT2D eigenvalue weighted by molar-refractivity contribution is 0.0591. The number of benzene rings is 2. The van der Waals surface area contributed by atoms with Gasteiger partial charge in [0, 0.05) is 36.9 Å². The molecule has 0 N–H and O–H groups in total. The standard InChI is InChI=1S/C22H18ClN3O2S2/c23-16-7-4-8-18-19(16)25-22(30-18)28-15-9-11-26(12-10-15)21(27)17-13-29-20(24-17)14-5-2-1-3-6-14/h1-8,13,15H,9-12H2. The molecule has 2 aromatic heterocycles. The Morgan fingerprint density at radius 3 is 2.63 bits per heavy atom. The van der Waals surface area contributed by atoms with E-state index < -0.39 is 0 Å². The summed E-state index contributed by atoms with van der Waals surface area (Å²) in [5, 5.41) is 3.98. The number of ether oxygens (including phenoxy) is 1. The van der Waals surface area contributed by atoms with Crippen LogP contribution in [0.4, 0.5) is 0 Å². The van der Waals surface area contributed by atoms with E-state index in [1.165, 1.54) is 22.7 Å². The Balaban J connectivity index is 1.21. The molecule has 0 unspecified atom stereocenters. The molecular weight excluding hydrogens is 438 g/mol. The monoisotopic (exact) mass is 455 g/mol. The third-order valence-corrected chi connectivity index (χ3v) is 7.20. The van der Waals surface area contributed by atoms with Gasteiger partial charge in [0.25, 0.3) is 11.1 Å². The third-order valence-electron chi connectivity index (χ3n) is 5.09. The summed E-state index contributed by atoms with van der Waals surface area (Å²) in [6.07, 6.45) is 1.58. The van der Waals surface area contributed by atoms with Crippen molar-refractivity contribution in [1.82, 2.24) is 14.9 Å². The molecule has 8 heteroatoms. The molecule has 2 aromatic carbocycles. The van der Waals surface area contributed by atoms with Gasteiger partial charge in [0.05, 0.1) is 9.72 Å². The van der Waals surface area contributed by atoms with E-state index in [0.717, 1.165) is 33.6 Å². The highest BCUT2D eigenvalue weighted by molar-refractivity contribution is 7.20. The summed E-state index contributed by atoms with van der Waals surface area (Å²) in [5.41, 5.74) is 2.33. The average molecular weight is 456 g/mol. The van der Waals surface area contributed by atoms with Crippen molar-refractivity contribution >= 4 is 50.4 Å². The first-order valence-corrected chi connectivity index (χ1v) is 11.8. The van der Waals surface area contributed by atoms with E-state index >= 15 is 0 Å². The maximum absolute atomic E-state index is 12.9. The predicted octanol–water partition coefficient (Wildman–Crippen LogP) is 5.76. The molecule has 0 spiro atoms. The molecule has 4 aromatic rings. The summed E-state index contributed by atoms with van der Waals surface area (Å²) in [4.78, 5) is 23.8. The number of piperidine rings is 1. The van der Waals surface area contributed by atoms with Crippen molar-refractivity contribution in [1.29, 1.82) is 0 Å². The number of para-hydroxylation sites is 1. The van der Waals surface area contributed by atoms with E-state index in [1.807, 2.05) is 58.8 Å². The summed E-state index contributed by atoms with van der Waals surface area (Å²) >= 11 is 9.21. The van der Waals surface area contributed by atoms with Crippen molar-refractivity contribution in [2.75, 3.05) is 13.1 Å². The Labute approximate surface area is 186 Å². The van der Waals surface area contributed by atoms with E-state index in [-0.39, 0.29) is 12.0 Å². The number of nitrogens with zero attached hydrogens (tertiary/aromatic N) is 3. The zero-order chi connectivity index (χ0) is 20.5. The molecule has 0 bridgehead atoms. The number of halogens is 1. The fourth-order valence-corrected chi connectivity index (χ4v) is 5.49. The van der Waals surface area contributed by atoms with Crippen molar-refractivity contribution in [3.63, 3.8) is 0 Å². The summed E-state index contributed by atoms with van der Waals surface area (Å²) < 4.78 is 7.10. The first-order chi connectivity index (χ1) is 14.7. The molecule has 1 fully saturated rings. The maximum Gasteiger partial charge on any atom is 0.274 e. The largest absolute Gasteiger partial charge is 0.467 e. The van der Waals surface area contributed by atoms with Crippen molar-refractivity contribution in [2.24, 2.45) is 0 Å². The Morgan fingerprint density at radius 1 is 1.07 bits per heavy atom. The fourth-order valence-electron chi connectivity index (χ4n) is 3.51. The van der Waals surface area contributed by atoms with Crippen LogP contribution in [0, 0.1) is 0 Å². The Hall–Kier alpha value is -2.48. The molecule has 30 heavy (non-hydrogen) atoms. The van der Waals surface area contributed by atoms with E-state index in [1.54, 1.807) is 0 Å². The van der Waals surface area contributed by atoms with Crippen molar-refractivity contribution in [2.45, 2.75) is 18.9 Å². The minimum atomic E-state index is -0.0151. The zero-order valence-corrected chi connectivity index (χ0v) is 18.3. The summed E-state index contributed by atoms with van der Waals surface area (Å²) in [7, 11) is 0. The van der Waals surface area contributed by atoms with Gasteiger partial charge in [-0.3, -0.25) is 4.79 Å². The van der Waals surface area contributed by atoms with Crippen LogP contribution in [0.5, 0.6) is 5.19 Å². The zero-order valence-electron chi connectivity index (χ0n) is 16.0. The van der Waals surface area contributed by atoms with Crippen LogP contribution in [0.1, 0.15) is 23.3 Å². The smallest absolute Gasteiger partial charge is 0.274 e. The molecule has 152 valence electrons. The summed E-state index contributed by atoms with van der Waals surface area (Å²) in [6.45, 7) is 1.29. The lowest BCUT2D eigenvalue weighted by Crippen LogP contribution is -2.41. The number of hydrogen-bond donors (Lipinski definition) is 0. The normalized spacial score (nSPS) is 14.9. The second-order valence-electron chi connectivity index (χ2n) is 7.08. The number of amides is 1. The van der Waals surface area contributed by atoms with Gasteiger partial charge in [-0.25, -0.2) is 9.97 Å². The molecule has 1 aliphatic heterocycles. The molecule has 0 saturated carbocycles. The number of thiazole rings is 2. The Morgan fingerprint density at radius 2 is 1.87 bits per heavy atom. The van der Waals surface area contributed by atoms with Crippen molar-refractivity contribution in [3.8, 4) is 15.8 Å². The molecule has 1 saturated heterocycles. The van der Waals surface area contributed by atoms with Crippen molar-refractivity contribution in [3.05, 3.63) is 64.6 Å². The van der Waals surface area contributed by atoms with Gasteiger partial charge in [0.1, 0.15) is 22.3 Å². The van der Waals surface area contributed by atoms with Crippen LogP contribution in [0.25, 0.3) is 20.8 Å². The van der Waals surface area contributed by atoms with E-state index in [0.29, 0.717) is 29.0 Å². The number of hydrogen-bond acceptors (Lipinski definition) is 6. The summed E-state index contributed by atoms with van der Waals surface area (Å²) in [6, 6.07) is 15.7. The van der Waals surface area contributed by atoms with Gasteiger partial charge < -0.3 is 9.64 Å². The summed E-state index contributed by atoms with van der Waals surface area (Å²) in [5.74, 6) is -0.0151. The van der Waals surface area contributed by atoms with Crippen LogP contribution in [-0.2, 0) is 0 Å². The topological polar surface area (TPSA) is 55.3 Å². The van der Waals surface area contributed by atoms with Gasteiger partial charge in [0.15, 0.2) is 0 Å². The van der Waals surface area contributed by atoms with Gasteiger partial charge in [-0.15, -0.1) is 11.3 Å². The minimum absolute atomic E-state index is 0.0151. The first-order valence-electron chi connectivity index (χ1n) is 9.69. The van der Waals surface area contributed by atoms with E-state index in [9.17, 15) is 4.79 Å². The molecule has 0 aliphatic carbocycles. The number of rotatable bonds is 4. The van der Waals surface area contributed by atoms with Crippen LogP contribution in [-0.4, -0.2) is 40.0 Å². The number of aromatic nitrogens is 2. The highest BCUT2D eigenvalue weighted by Crippen LogP contribution is 2.33. The number of carbonyl (C=O) groups excluding carboxylic acids is 1. The molecule has 0 radical (unpaired) electrons. The van der Waals surface area contributed by atoms with Gasteiger partial charge in [0.2, 0.25) is 0 Å². The number of carbonyl (C=O) groups is 1. The quantitative estimate of drug-likeness (QED) is 0.392. The number of likely N-dealkylation sites (tertiary alicyclic amines) is 1. The minimum Gasteiger partial charge on any atom is -0.467 e. The van der Waals surface area contributed by atoms with Gasteiger partial charge in [-0.2, -0.15) is 0 Å². The van der Waals surface area contributed by atoms with Gasteiger partial charge in [-0.1, -0.05) is 59.3 Å². The molecule has 1 amide bonds. The maximum atomic E-state index is 12.9. The first kappa shape index (κ1) is 19.5. The van der Waals surface area contributed by atoms with Crippen LogP contribution in [0.2, 0.25) is 5.02 Å². The van der Waals surface area contributed by atoms with Crippen LogP contribution in [0.3, 0.4) is 0 Å². The van der Waals surface area contributed by atoms with Gasteiger partial charge >= 0.3 is 0 Å². The van der Waals surface area contributed by atoms with E-state index in [2.05, 4.69) is 9.97 Å². The van der Waals surface area contributed by atoms with Crippen LogP contribution >= 0.6 is 34.3 Å².